The van der Waals surface area contributed by atoms with Crippen LogP contribution in [0.4, 0.5) is 4.79 Å². The van der Waals surface area contributed by atoms with Crippen LogP contribution in [-0.2, 0) is 17.4 Å². The first-order chi connectivity index (χ1) is 14.8. The van der Waals surface area contributed by atoms with Gasteiger partial charge in [0.05, 0.1) is 17.1 Å². The topological polar surface area (TPSA) is 105 Å². The maximum Gasteiger partial charge on any atom is 0.322 e. The number of hydrogen-bond donors (Lipinski definition) is 3. The molecule has 0 saturated carbocycles. The molecular formula is C22H20ClN5O3. The summed E-state index contributed by atoms with van der Waals surface area (Å²) in [7, 11) is 1.70. The predicted molar refractivity (Wildman–Crippen MR) is 116 cm³/mol. The number of aryl methyl sites for hydroxylation is 2. The standard InChI is InChI=1S/C22H20ClN5O3/c1-13-6-8-14(9-7-13)15-4-3-5-16(23)17(15)18(29)25-12-22(19-24-10-11-28(19)2)20(30)26-21(31)27-22/h3-11H,12H2,1-2H3,(H,25,29)(H2,26,27,30,31). The number of imide groups is 1. The lowest BCUT2D eigenvalue weighted by Crippen LogP contribution is -2.54. The highest BCUT2D eigenvalue weighted by Gasteiger charge is 2.50. The van der Waals surface area contributed by atoms with E-state index in [4.69, 9.17) is 11.6 Å². The number of rotatable bonds is 5. The van der Waals surface area contributed by atoms with Crippen molar-refractivity contribution in [2.45, 2.75) is 12.5 Å². The van der Waals surface area contributed by atoms with Crippen LogP contribution in [0, 0.1) is 6.92 Å². The predicted octanol–water partition coefficient (Wildman–Crippen LogP) is 2.51. The Morgan fingerprint density at radius 2 is 1.94 bits per heavy atom. The van der Waals surface area contributed by atoms with Gasteiger partial charge in [0.15, 0.2) is 5.54 Å². The van der Waals surface area contributed by atoms with Crippen molar-refractivity contribution in [1.82, 2.24) is 25.5 Å². The lowest BCUT2D eigenvalue weighted by Gasteiger charge is -2.26. The summed E-state index contributed by atoms with van der Waals surface area (Å²) in [6, 6.07) is 12.3. The maximum absolute atomic E-state index is 13.2. The zero-order valence-electron chi connectivity index (χ0n) is 16.9. The van der Waals surface area contributed by atoms with Crippen LogP contribution in [0.3, 0.4) is 0 Å². The van der Waals surface area contributed by atoms with Crippen molar-refractivity contribution in [1.29, 1.82) is 0 Å². The molecule has 0 spiro atoms. The Balaban J connectivity index is 1.67. The molecule has 1 unspecified atom stereocenters. The van der Waals surface area contributed by atoms with Crippen LogP contribution in [0.15, 0.2) is 54.9 Å². The second-order valence-electron chi connectivity index (χ2n) is 7.39. The molecule has 1 atom stereocenters. The van der Waals surface area contributed by atoms with Crippen LogP contribution in [0.2, 0.25) is 5.02 Å². The highest BCUT2D eigenvalue weighted by Crippen LogP contribution is 2.30. The van der Waals surface area contributed by atoms with E-state index in [2.05, 4.69) is 20.9 Å². The van der Waals surface area contributed by atoms with Crippen molar-refractivity contribution in [2.24, 2.45) is 7.05 Å². The Labute approximate surface area is 183 Å². The fourth-order valence-corrected chi connectivity index (χ4v) is 3.92. The number of aromatic nitrogens is 2. The van der Waals surface area contributed by atoms with Gasteiger partial charge >= 0.3 is 6.03 Å². The fourth-order valence-electron chi connectivity index (χ4n) is 3.66. The van der Waals surface area contributed by atoms with Crippen molar-refractivity contribution >= 4 is 29.4 Å². The van der Waals surface area contributed by atoms with Gasteiger partial charge in [-0.15, -0.1) is 0 Å². The number of carbonyl (C=O) groups excluding carboxylic acids is 3. The molecule has 1 fully saturated rings. The number of hydrogen-bond acceptors (Lipinski definition) is 4. The van der Waals surface area contributed by atoms with Gasteiger partial charge < -0.3 is 15.2 Å². The first kappa shape index (κ1) is 20.6. The van der Waals surface area contributed by atoms with Gasteiger partial charge in [0, 0.05) is 19.4 Å². The lowest BCUT2D eigenvalue weighted by atomic mass is 9.96. The minimum Gasteiger partial charge on any atom is -0.349 e. The van der Waals surface area contributed by atoms with Crippen LogP contribution in [0.25, 0.3) is 11.1 Å². The Hall–Kier alpha value is -3.65. The molecule has 1 saturated heterocycles. The van der Waals surface area contributed by atoms with E-state index >= 15 is 0 Å². The van der Waals surface area contributed by atoms with Crippen LogP contribution in [-0.4, -0.2) is 33.9 Å². The van der Waals surface area contributed by atoms with E-state index in [0.29, 0.717) is 11.4 Å². The zero-order valence-corrected chi connectivity index (χ0v) is 17.7. The third-order valence-corrected chi connectivity index (χ3v) is 5.58. The van der Waals surface area contributed by atoms with Gasteiger partial charge in [0.2, 0.25) is 0 Å². The Kier molecular flexibility index (Phi) is 5.24. The van der Waals surface area contributed by atoms with E-state index in [1.165, 1.54) is 6.20 Å². The van der Waals surface area contributed by atoms with Gasteiger partial charge in [0.1, 0.15) is 5.82 Å². The van der Waals surface area contributed by atoms with Crippen LogP contribution >= 0.6 is 11.6 Å². The average Bonchev–Trinajstić information content (AvgIpc) is 3.29. The highest BCUT2D eigenvalue weighted by atomic mass is 35.5. The number of imidazole rings is 1. The number of nitrogens with zero attached hydrogens (tertiary/aromatic N) is 2. The third-order valence-electron chi connectivity index (χ3n) is 5.26. The number of nitrogens with one attached hydrogen (secondary N) is 3. The van der Waals surface area contributed by atoms with Crippen LogP contribution in [0.1, 0.15) is 21.7 Å². The first-order valence-corrected chi connectivity index (χ1v) is 9.95. The molecule has 0 bridgehead atoms. The van der Waals surface area contributed by atoms with E-state index in [9.17, 15) is 14.4 Å². The number of urea groups is 1. The third kappa shape index (κ3) is 3.66. The van der Waals surface area contributed by atoms with Crippen LogP contribution in [0.5, 0.6) is 0 Å². The van der Waals surface area contributed by atoms with Crippen molar-refractivity contribution in [3.8, 4) is 11.1 Å². The normalized spacial score (nSPS) is 17.9. The van der Waals surface area contributed by atoms with E-state index < -0.39 is 23.4 Å². The second-order valence-corrected chi connectivity index (χ2v) is 7.79. The van der Waals surface area contributed by atoms with E-state index in [1.807, 2.05) is 37.3 Å². The molecule has 1 aliphatic rings. The summed E-state index contributed by atoms with van der Waals surface area (Å²) in [6.07, 6.45) is 3.17. The Morgan fingerprint density at radius 3 is 2.55 bits per heavy atom. The summed E-state index contributed by atoms with van der Waals surface area (Å²) in [4.78, 5) is 42.0. The molecule has 1 aliphatic heterocycles. The summed E-state index contributed by atoms with van der Waals surface area (Å²) < 4.78 is 1.62. The minimum atomic E-state index is -1.53. The van der Waals surface area contributed by atoms with Gasteiger partial charge in [-0.05, 0) is 24.1 Å². The largest absolute Gasteiger partial charge is 0.349 e. The Morgan fingerprint density at radius 1 is 1.19 bits per heavy atom. The molecule has 0 aliphatic carbocycles. The van der Waals surface area contributed by atoms with Gasteiger partial charge in [0.25, 0.3) is 11.8 Å². The van der Waals surface area contributed by atoms with Gasteiger partial charge in [-0.1, -0.05) is 53.6 Å². The SMILES string of the molecule is Cc1ccc(-c2cccc(Cl)c2C(=O)NCC2(c3nccn3C)NC(=O)NC2=O)cc1. The number of carbonyl (C=O) groups is 3. The smallest absolute Gasteiger partial charge is 0.322 e. The number of amides is 4. The molecule has 8 nitrogen and oxygen atoms in total. The van der Waals surface area contributed by atoms with Gasteiger partial charge in [-0.3, -0.25) is 14.9 Å². The molecule has 4 amide bonds. The van der Waals surface area contributed by atoms with Crippen molar-refractivity contribution < 1.29 is 14.4 Å². The molecule has 3 aromatic rings. The van der Waals surface area contributed by atoms with Gasteiger partial charge in [-0.25, -0.2) is 9.78 Å². The lowest BCUT2D eigenvalue weighted by molar-refractivity contribution is -0.124. The van der Waals surface area contributed by atoms with Crippen LogP contribution < -0.4 is 16.0 Å². The quantitative estimate of drug-likeness (QED) is 0.533. The molecule has 1 aromatic heterocycles. The van der Waals surface area contributed by atoms with Crippen molar-refractivity contribution in [3.05, 3.63) is 76.8 Å². The molecule has 3 N–H and O–H groups in total. The average molecular weight is 438 g/mol. The summed E-state index contributed by atoms with van der Waals surface area (Å²) in [5.74, 6) is -0.761. The van der Waals surface area contributed by atoms with Crippen molar-refractivity contribution in [2.75, 3.05) is 6.54 Å². The monoisotopic (exact) mass is 437 g/mol. The molecule has 2 aromatic carbocycles. The first-order valence-electron chi connectivity index (χ1n) is 9.57. The molecule has 4 rings (SSSR count). The van der Waals surface area contributed by atoms with Crippen molar-refractivity contribution in [3.63, 3.8) is 0 Å². The maximum atomic E-state index is 13.2. The number of benzene rings is 2. The molecule has 31 heavy (non-hydrogen) atoms. The molecule has 9 heteroatoms. The second kappa shape index (κ2) is 7.88. The summed E-state index contributed by atoms with van der Waals surface area (Å²) in [5, 5.41) is 7.86. The number of halogens is 1. The van der Waals surface area contributed by atoms with E-state index in [0.717, 1.165) is 11.1 Å². The molecule has 2 heterocycles. The molecular weight excluding hydrogens is 418 g/mol. The highest BCUT2D eigenvalue weighted by molar-refractivity contribution is 6.34. The summed E-state index contributed by atoms with van der Waals surface area (Å²) in [6.45, 7) is 1.78. The van der Waals surface area contributed by atoms with E-state index in [1.54, 1.807) is 29.9 Å². The molecule has 0 radical (unpaired) electrons. The minimum absolute atomic E-state index is 0.202. The fraction of sp³-hybridized carbons (Fsp3) is 0.182. The Bertz CT molecular complexity index is 1190. The summed E-state index contributed by atoms with van der Waals surface area (Å²) >= 11 is 6.39. The molecule has 158 valence electrons. The zero-order chi connectivity index (χ0) is 22.2. The van der Waals surface area contributed by atoms with E-state index in [-0.39, 0.29) is 17.1 Å². The summed E-state index contributed by atoms with van der Waals surface area (Å²) in [5.41, 5.74) is 1.35. The van der Waals surface area contributed by atoms with Gasteiger partial charge in [-0.2, -0.15) is 0 Å².